The average Bonchev–Trinajstić information content (AvgIpc) is 2.59. The van der Waals surface area contributed by atoms with Crippen molar-refractivity contribution in [2.24, 2.45) is 7.05 Å². The van der Waals surface area contributed by atoms with E-state index in [9.17, 15) is 8.78 Å². The summed E-state index contributed by atoms with van der Waals surface area (Å²) in [7, 11) is 1.82. The molecule has 96 valence electrons. The van der Waals surface area contributed by atoms with Crippen LogP contribution >= 0.6 is 0 Å². The van der Waals surface area contributed by atoms with E-state index in [4.69, 9.17) is 0 Å². The average molecular weight is 250 g/mol. The van der Waals surface area contributed by atoms with Gasteiger partial charge in [0, 0.05) is 29.8 Å². The first-order valence-corrected chi connectivity index (χ1v) is 5.79. The number of rotatable bonds is 1. The molecule has 0 saturated heterocycles. The van der Waals surface area contributed by atoms with Gasteiger partial charge in [0.2, 0.25) is 0 Å². The highest BCUT2D eigenvalue weighted by Crippen LogP contribution is 2.28. The molecule has 0 aliphatic heterocycles. The fourth-order valence-electron chi connectivity index (χ4n) is 2.00. The fourth-order valence-corrected chi connectivity index (χ4v) is 2.00. The summed E-state index contributed by atoms with van der Waals surface area (Å²) in [5.74, 6) is -1.17. The normalized spacial score (nSPS) is 11.9. The van der Waals surface area contributed by atoms with E-state index in [1.807, 2.05) is 13.1 Å². The Morgan fingerprint density at radius 1 is 1.11 bits per heavy atom. The Morgan fingerprint density at radius 2 is 1.78 bits per heavy atom. The van der Waals surface area contributed by atoms with Gasteiger partial charge < -0.3 is 0 Å². The maximum atomic E-state index is 13.7. The predicted octanol–water partition coefficient (Wildman–Crippen LogP) is 3.66. The maximum Gasteiger partial charge on any atom is 0.135 e. The van der Waals surface area contributed by atoms with Gasteiger partial charge in [-0.3, -0.25) is 4.68 Å². The summed E-state index contributed by atoms with van der Waals surface area (Å²) in [5, 5.41) is 4.29. The molecule has 1 aromatic heterocycles. The van der Waals surface area contributed by atoms with Crippen molar-refractivity contribution in [2.75, 3.05) is 0 Å². The van der Waals surface area contributed by atoms with Crippen molar-refractivity contribution in [2.45, 2.75) is 26.2 Å². The standard InChI is InChI=1S/C14H16F2N2/c1-14(2,3)13-8-12(17-18(13)4)10-6-5-9(15)7-11(10)16/h5-8H,1-4H3. The summed E-state index contributed by atoms with van der Waals surface area (Å²) in [5.41, 5.74) is 1.78. The Balaban J connectivity index is 2.53. The lowest BCUT2D eigenvalue weighted by atomic mass is 9.91. The van der Waals surface area contributed by atoms with Crippen molar-refractivity contribution in [1.82, 2.24) is 9.78 Å². The van der Waals surface area contributed by atoms with Gasteiger partial charge in [-0.2, -0.15) is 5.10 Å². The number of aryl methyl sites for hydroxylation is 1. The van der Waals surface area contributed by atoms with Crippen LogP contribution in [0.2, 0.25) is 0 Å². The minimum atomic E-state index is -0.589. The van der Waals surface area contributed by atoms with Gasteiger partial charge in [0.15, 0.2) is 0 Å². The van der Waals surface area contributed by atoms with E-state index in [1.54, 1.807) is 4.68 Å². The van der Waals surface area contributed by atoms with Gasteiger partial charge in [0.05, 0.1) is 5.69 Å². The first-order valence-electron chi connectivity index (χ1n) is 5.79. The third kappa shape index (κ3) is 2.28. The van der Waals surface area contributed by atoms with Gasteiger partial charge in [-0.25, -0.2) is 8.78 Å². The second-order valence-corrected chi connectivity index (χ2v) is 5.41. The summed E-state index contributed by atoms with van der Waals surface area (Å²) in [4.78, 5) is 0. The van der Waals surface area contributed by atoms with Crippen LogP contribution in [0.25, 0.3) is 11.3 Å². The van der Waals surface area contributed by atoms with Crippen molar-refractivity contribution in [3.8, 4) is 11.3 Å². The molecule has 1 heterocycles. The first-order chi connectivity index (χ1) is 8.29. The minimum absolute atomic E-state index is 0.0729. The molecule has 0 saturated carbocycles. The molecule has 18 heavy (non-hydrogen) atoms. The number of aromatic nitrogens is 2. The summed E-state index contributed by atoms with van der Waals surface area (Å²) < 4.78 is 28.3. The highest BCUT2D eigenvalue weighted by molar-refractivity contribution is 5.60. The lowest BCUT2D eigenvalue weighted by Gasteiger charge is -2.17. The Bertz CT molecular complexity index is 580. The monoisotopic (exact) mass is 250 g/mol. The smallest absolute Gasteiger partial charge is 0.135 e. The van der Waals surface area contributed by atoms with Crippen LogP contribution in [0.4, 0.5) is 8.78 Å². The Labute approximate surface area is 105 Å². The van der Waals surface area contributed by atoms with Crippen molar-refractivity contribution in [1.29, 1.82) is 0 Å². The van der Waals surface area contributed by atoms with Crippen LogP contribution in [0.3, 0.4) is 0 Å². The van der Waals surface area contributed by atoms with E-state index in [0.717, 1.165) is 11.8 Å². The van der Waals surface area contributed by atoms with E-state index in [-0.39, 0.29) is 5.41 Å². The molecule has 0 fully saturated rings. The molecule has 0 N–H and O–H groups in total. The molecule has 4 heteroatoms. The second kappa shape index (κ2) is 4.19. The third-order valence-corrected chi connectivity index (χ3v) is 2.86. The molecule has 0 radical (unpaired) electrons. The first kappa shape index (κ1) is 12.7. The zero-order chi connectivity index (χ0) is 13.5. The lowest BCUT2D eigenvalue weighted by Crippen LogP contribution is -2.16. The van der Waals surface area contributed by atoms with E-state index in [1.165, 1.54) is 12.1 Å². The van der Waals surface area contributed by atoms with E-state index < -0.39 is 11.6 Å². The number of benzene rings is 1. The van der Waals surface area contributed by atoms with Gasteiger partial charge in [-0.1, -0.05) is 20.8 Å². The summed E-state index contributed by atoms with van der Waals surface area (Å²) in [6, 6.07) is 5.38. The van der Waals surface area contributed by atoms with Crippen LogP contribution in [0, 0.1) is 11.6 Å². The summed E-state index contributed by atoms with van der Waals surface area (Å²) in [6.45, 7) is 6.19. The van der Waals surface area contributed by atoms with Crippen LogP contribution in [0.15, 0.2) is 24.3 Å². The number of hydrogen-bond donors (Lipinski definition) is 0. The molecule has 0 unspecified atom stereocenters. The van der Waals surface area contributed by atoms with Crippen LogP contribution < -0.4 is 0 Å². The van der Waals surface area contributed by atoms with Gasteiger partial charge in [0.1, 0.15) is 11.6 Å². The fraction of sp³-hybridized carbons (Fsp3) is 0.357. The van der Waals surface area contributed by atoms with Crippen LogP contribution in [0.5, 0.6) is 0 Å². The van der Waals surface area contributed by atoms with Crippen LogP contribution in [-0.4, -0.2) is 9.78 Å². The molecule has 0 aliphatic carbocycles. The van der Waals surface area contributed by atoms with E-state index >= 15 is 0 Å². The van der Waals surface area contributed by atoms with E-state index in [2.05, 4.69) is 25.9 Å². The Morgan fingerprint density at radius 3 is 2.28 bits per heavy atom. The summed E-state index contributed by atoms with van der Waals surface area (Å²) in [6.07, 6.45) is 0. The van der Waals surface area contributed by atoms with E-state index in [0.29, 0.717) is 11.3 Å². The lowest BCUT2D eigenvalue weighted by molar-refractivity contribution is 0.523. The van der Waals surface area contributed by atoms with Crippen molar-refractivity contribution >= 4 is 0 Å². The quantitative estimate of drug-likeness (QED) is 0.755. The van der Waals surface area contributed by atoms with Gasteiger partial charge in [-0.05, 0) is 18.2 Å². The molecule has 0 amide bonds. The highest BCUT2D eigenvalue weighted by atomic mass is 19.1. The van der Waals surface area contributed by atoms with Gasteiger partial charge in [0.25, 0.3) is 0 Å². The molecular formula is C14H16F2N2. The Kier molecular flexibility index (Phi) is 2.97. The molecule has 2 aromatic rings. The molecule has 0 bridgehead atoms. The minimum Gasteiger partial charge on any atom is -0.271 e. The van der Waals surface area contributed by atoms with Gasteiger partial charge in [-0.15, -0.1) is 0 Å². The zero-order valence-corrected chi connectivity index (χ0v) is 11.0. The molecule has 2 rings (SSSR count). The third-order valence-electron chi connectivity index (χ3n) is 2.86. The van der Waals surface area contributed by atoms with Crippen molar-refractivity contribution < 1.29 is 8.78 Å². The number of halogens is 2. The number of nitrogens with zero attached hydrogens (tertiary/aromatic N) is 2. The molecular weight excluding hydrogens is 234 g/mol. The largest absolute Gasteiger partial charge is 0.271 e. The second-order valence-electron chi connectivity index (χ2n) is 5.41. The van der Waals surface area contributed by atoms with Crippen molar-refractivity contribution in [3.05, 3.63) is 41.6 Å². The Hall–Kier alpha value is -1.71. The van der Waals surface area contributed by atoms with Crippen LogP contribution in [0.1, 0.15) is 26.5 Å². The topological polar surface area (TPSA) is 17.8 Å². The van der Waals surface area contributed by atoms with Crippen LogP contribution in [-0.2, 0) is 12.5 Å². The predicted molar refractivity (Wildman–Crippen MR) is 67.3 cm³/mol. The molecule has 0 spiro atoms. The van der Waals surface area contributed by atoms with Gasteiger partial charge >= 0.3 is 0 Å². The molecule has 1 aromatic carbocycles. The maximum absolute atomic E-state index is 13.7. The molecule has 0 aliphatic rings. The molecule has 0 atom stereocenters. The zero-order valence-electron chi connectivity index (χ0n) is 11.0. The highest BCUT2D eigenvalue weighted by Gasteiger charge is 2.20. The SMILES string of the molecule is Cn1nc(-c2ccc(F)cc2F)cc1C(C)(C)C. The summed E-state index contributed by atoms with van der Waals surface area (Å²) >= 11 is 0. The molecule has 2 nitrogen and oxygen atoms in total. The van der Waals surface area contributed by atoms with Crippen molar-refractivity contribution in [3.63, 3.8) is 0 Å². The number of hydrogen-bond acceptors (Lipinski definition) is 1.